The molecule has 0 aliphatic heterocycles. The maximum absolute atomic E-state index is 10.9. The number of aromatic amines is 1. The Hall–Kier alpha value is -1.18. The van der Waals surface area contributed by atoms with Crippen LogP contribution in [-0.4, -0.2) is 21.0 Å². The van der Waals surface area contributed by atoms with E-state index in [2.05, 4.69) is 41.8 Å². The molecule has 0 bridgehead atoms. The smallest absolute Gasteiger partial charge is 0.335 e. The third-order valence-corrected chi connectivity index (χ3v) is 5.87. The summed E-state index contributed by atoms with van der Waals surface area (Å²) in [5.74, 6) is -0.214. The Morgan fingerprint density at radius 1 is 1.32 bits per heavy atom. The summed E-state index contributed by atoms with van der Waals surface area (Å²) >= 11 is 8.43. The first kappa shape index (κ1) is 12.8. The van der Waals surface area contributed by atoms with Gasteiger partial charge < -0.3 is 10.1 Å². The largest absolute Gasteiger partial charge is 0.478 e. The lowest BCUT2D eigenvalue weighted by atomic mass is 10.2. The molecule has 0 saturated carbocycles. The Bertz CT molecular complexity index is 775. The van der Waals surface area contributed by atoms with E-state index in [0.717, 1.165) is 30.0 Å². The first-order valence-electron chi connectivity index (χ1n) is 5.23. The van der Waals surface area contributed by atoms with E-state index in [1.54, 1.807) is 29.5 Å². The summed E-state index contributed by atoms with van der Waals surface area (Å²) in [6.45, 7) is 0. The van der Waals surface area contributed by atoms with E-state index in [1.165, 1.54) is 0 Å². The van der Waals surface area contributed by atoms with Gasteiger partial charge in [-0.15, -0.1) is 11.3 Å². The van der Waals surface area contributed by atoms with Gasteiger partial charge >= 0.3 is 5.97 Å². The average molecular weight is 402 g/mol. The Kier molecular flexibility index (Phi) is 3.20. The van der Waals surface area contributed by atoms with Crippen LogP contribution < -0.4 is 0 Å². The van der Waals surface area contributed by atoms with Crippen molar-refractivity contribution in [2.75, 3.05) is 0 Å². The Balaban J connectivity index is 2.13. The number of halogens is 2. The molecule has 0 unspecified atom stereocenters. The first-order chi connectivity index (χ1) is 9.04. The fraction of sp³-hybridized carbons (Fsp3) is 0. The van der Waals surface area contributed by atoms with Gasteiger partial charge in [-0.2, -0.15) is 0 Å². The molecule has 0 spiro atoms. The highest BCUT2D eigenvalue weighted by Gasteiger charge is 2.12. The number of nitrogens with zero attached hydrogens (tertiary/aromatic N) is 1. The van der Waals surface area contributed by atoms with Crippen LogP contribution in [0.2, 0.25) is 0 Å². The summed E-state index contributed by atoms with van der Waals surface area (Å²) in [5, 5.41) is 8.96. The van der Waals surface area contributed by atoms with Crippen LogP contribution in [0.1, 0.15) is 10.4 Å². The molecule has 0 fully saturated rings. The summed E-state index contributed by atoms with van der Waals surface area (Å²) in [4.78, 5) is 19.5. The lowest BCUT2D eigenvalue weighted by Gasteiger charge is -1.92. The van der Waals surface area contributed by atoms with Crippen LogP contribution in [-0.2, 0) is 0 Å². The number of nitrogens with one attached hydrogen (secondary N) is 1. The Labute approximate surface area is 128 Å². The number of aromatic nitrogens is 2. The summed E-state index contributed by atoms with van der Waals surface area (Å²) in [7, 11) is 0. The average Bonchev–Trinajstić information content (AvgIpc) is 2.92. The molecule has 96 valence electrons. The van der Waals surface area contributed by atoms with Crippen molar-refractivity contribution < 1.29 is 9.90 Å². The quantitative estimate of drug-likeness (QED) is 0.663. The van der Waals surface area contributed by atoms with Gasteiger partial charge in [0.1, 0.15) is 5.82 Å². The lowest BCUT2D eigenvalue weighted by molar-refractivity contribution is 0.0697. The minimum Gasteiger partial charge on any atom is -0.478 e. The van der Waals surface area contributed by atoms with Crippen molar-refractivity contribution in [2.45, 2.75) is 0 Å². The monoisotopic (exact) mass is 400 g/mol. The number of carbonyl (C=O) groups is 1. The van der Waals surface area contributed by atoms with Crippen molar-refractivity contribution in [3.05, 3.63) is 38.1 Å². The van der Waals surface area contributed by atoms with Crippen molar-refractivity contribution in [1.29, 1.82) is 0 Å². The van der Waals surface area contributed by atoms with Gasteiger partial charge in [0.15, 0.2) is 0 Å². The molecule has 0 atom stereocenters. The van der Waals surface area contributed by atoms with Crippen molar-refractivity contribution in [3.8, 4) is 10.7 Å². The number of imidazole rings is 1. The molecule has 7 heteroatoms. The van der Waals surface area contributed by atoms with Gasteiger partial charge in [-0.25, -0.2) is 9.78 Å². The maximum atomic E-state index is 10.9. The molecule has 3 rings (SSSR count). The van der Waals surface area contributed by atoms with Gasteiger partial charge in [-0.3, -0.25) is 0 Å². The Morgan fingerprint density at radius 3 is 2.74 bits per heavy atom. The van der Waals surface area contributed by atoms with E-state index in [9.17, 15) is 4.79 Å². The molecule has 0 aliphatic rings. The predicted molar refractivity (Wildman–Crippen MR) is 81.8 cm³/mol. The van der Waals surface area contributed by atoms with Crippen LogP contribution in [0.5, 0.6) is 0 Å². The number of fused-ring (bicyclic) bond motifs is 1. The number of thiophene rings is 1. The number of hydrogen-bond acceptors (Lipinski definition) is 3. The van der Waals surface area contributed by atoms with Gasteiger partial charge in [0.05, 0.1) is 25.3 Å². The van der Waals surface area contributed by atoms with E-state index >= 15 is 0 Å². The van der Waals surface area contributed by atoms with E-state index in [-0.39, 0.29) is 5.56 Å². The van der Waals surface area contributed by atoms with Gasteiger partial charge in [-0.05, 0) is 56.1 Å². The highest BCUT2D eigenvalue weighted by atomic mass is 79.9. The number of hydrogen-bond donors (Lipinski definition) is 2. The van der Waals surface area contributed by atoms with Crippen LogP contribution in [0.25, 0.3) is 21.7 Å². The van der Waals surface area contributed by atoms with Crippen LogP contribution in [0.15, 0.2) is 32.5 Å². The van der Waals surface area contributed by atoms with Gasteiger partial charge in [-0.1, -0.05) is 0 Å². The van der Waals surface area contributed by atoms with Gasteiger partial charge in [0.25, 0.3) is 0 Å². The van der Waals surface area contributed by atoms with E-state index in [4.69, 9.17) is 5.11 Å². The van der Waals surface area contributed by atoms with Crippen molar-refractivity contribution in [1.82, 2.24) is 9.97 Å². The number of rotatable bonds is 2. The Morgan fingerprint density at radius 2 is 2.11 bits per heavy atom. The third-order valence-electron chi connectivity index (χ3n) is 2.61. The van der Waals surface area contributed by atoms with E-state index < -0.39 is 5.97 Å². The topological polar surface area (TPSA) is 66.0 Å². The summed E-state index contributed by atoms with van der Waals surface area (Å²) in [5.41, 5.74) is 1.72. The molecule has 0 saturated heterocycles. The summed E-state index contributed by atoms with van der Waals surface area (Å²) in [6.07, 6.45) is 0. The second kappa shape index (κ2) is 4.73. The maximum Gasteiger partial charge on any atom is 0.335 e. The van der Waals surface area contributed by atoms with Crippen molar-refractivity contribution in [2.24, 2.45) is 0 Å². The number of carboxylic acid groups (broad SMARTS) is 1. The molecule has 0 amide bonds. The molecule has 0 aliphatic carbocycles. The molecule has 3 aromatic rings. The van der Waals surface area contributed by atoms with E-state index in [0.29, 0.717) is 0 Å². The minimum absolute atomic E-state index is 0.247. The molecule has 2 N–H and O–H groups in total. The molecule has 4 nitrogen and oxygen atoms in total. The zero-order valence-electron chi connectivity index (χ0n) is 9.28. The highest BCUT2D eigenvalue weighted by molar-refractivity contribution is 9.13. The molecule has 2 aromatic heterocycles. The van der Waals surface area contributed by atoms with Gasteiger partial charge in [0, 0.05) is 4.47 Å². The highest BCUT2D eigenvalue weighted by Crippen LogP contribution is 2.37. The fourth-order valence-electron chi connectivity index (χ4n) is 1.72. The van der Waals surface area contributed by atoms with Crippen LogP contribution in [0.3, 0.4) is 0 Å². The summed E-state index contributed by atoms with van der Waals surface area (Å²) < 4.78 is 1.97. The van der Waals surface area contributed by atoms with Crippen molar-refractivity contribution in [3.63, 3.8) is 0 Å². The standard InChI is InChI=1S/C12H6Br2N2O2S/c13-6-4-9(19-10(6)14)11-15-7-2-1-5(12(17)18)3-8(7)16-11/h1-4H,(H,15,16)(H,17,18). The van der Waals surface area contributed by atoms with Crippen LogP contribution >= 0.6 is 43.2 Å². The SMILES string of the molecule is O=C(O)c1ccc2nc(-c3cc(Br)c(Br)s3)[nH]c2c1. The zero-order chi connectivity index (χ0) is 13.6. The second-order valence-corrected chi connectivity index (χ2v) is 7.08. The number of aromatic carboxylic acids is 1. The normalized spacial score (nSPS) is 11.1. The van der Waals surface area contributed by atoms with Gasteiger partial charge in [0.2, 0.25) is 0 Å². The fourth-order valence-corrected chi connectivity index (χ4v) is 3.70. The second-order valence-electron chi connectivity index (χ2n) is 3.85. The number of benzene rings is 1. The van der Waals surface area contributed by atoms with E-state index in [1.807, 2.05) is 6.07 Å². The van der Waals surface area contributed by atoms with Crippen LogP contribution in [0, 0.1) is 0 Å². The molecular formula is C12H6Br2N2O2S. The molecular weight excluding hydrogens is 396 g/mol. The number of carboxylic acids is 1. The zero-order valence-corrected chi connectivity index (χ0v) is 13.3. The predicted octanol–water partition coefficient (Wildman–Crippen LogP) is 4.51. The minimum atomic E-state index is -0.945. The molecule has 1 aromatic carbocycles. The number of H-pyrrole nitrogens is 1. The van der Waals surface area contributed by atoms with Crippen molar-refractivity contribution >= 4 is 60.2 Å². The molecule has 19 heavy (non-hydrogen) atoms. The van der Waals surface area contributed by atoms with Crippen LogP contribution in [0.4, 0.5) is 0 Å². The third kappa shape index (κ3) is 2.33. The first-order valence-corrected chi connectivity index (χ1v) is 7.63. The summed E-state index contributed by atoms with van der Waals surface area (Å²) in [6, 6.07) is 6.81. The molecule has 0 radical (unpaired) electrons. The lowest BCUT2D eigenvalue weighted by Crippen LogP contribution is -1.94. The molecule has 2 heterocycles.